The van der Waals surface area contributed by atoms with Crippen molar-refractivity contribution in [2.24, 2.45) is 5.73 Å². The number of oxazole rings is 1. The van der Waals surface area contributed by atoms with Gasteiger partial charge in [0.2, 0.25) is 11.8 Å². The number of carbonyl (C=O) groups excluding carboxylic acids is 1. The Morgan fingerprint density at radius 1 is 1.55 bits per heavy atom. The second-order valence-electron chi connectivity index (χ2n) is 5.39. The number of likely N-dealkylation sites (tertiary alicyclic amines) is 1. The molecule has 7 heteroatoms. The van der Waals surface area contributed by atoms with Gasteiger partial charge in [0.15, 0.2) is 0 Å². The van der Waals surface area contributed by atoms with E-state index in [1.165, 1.54) is 0 Å². The third kappa shape index (κ3) is 3.14. The number of hydrogen-bond acceptors (Lipinski definition) is 5. The Balaban J connectivity index is 1.76. The molecule has 1 aromatic carbocycles. The van der Waals surface area contributed by atoms with Gasteiger partial charge in [-0.1, -0.05) is 17.7 Å². The molecule has 0 aliphatic carbocycles. The third-order valence-electron chi connectivity index (χ3n) is 3.70. The number of benzene rings is 1. The van der Waals surface area contributed by atoms with Crippen LogP contribution < -0.4 is 5.73 Å². The normalized spacial score (nSPS) is 22.1. The van der Waals surface area contributed by atoms with Crippen LogP contribution >= 0.6 is 11.6 Å². The van der Waals surface area contributed by atoms with E-state index in [1.807, 2.05) is 17.0 Å². The molecular weight excluding hydrogens is 306 g/mol. The molecule has 1 aliphatic rings. The Labute approximate surface area is 132 Å². The summed E-state index contributed by atoms with van der Waals surface area (Å²) in [4.78, 5) is 17.6. The highest BCUT2D eigenvalue weighted by atomic mass is 35.5. The van der Waals surface area contributed by atoms with Crippen LogP contribution in [0.2, 0.25) is 5.02 Å². The van der Waals surface area contributed by atoms with Crippen molar-refractivity contribution in [2.45, 2.75) is 25.1 Å². The van der Waals surface area contributed by atoms with Gasteiger partial charge in [-0.2, -0.15) is 0 Å². The maximum Gasteiger partial charge on any atom is 0.234 e. The van der Waals surface area contributed by atoms with Crippen LogP contribution in [0, 0.1) is 0 Å². The molecule has 2 unspecified atom stereocenters. The smallest absolute Gasteiger partial charge is 0.234 e. The van der Waals surface area contributed by atoms with Gasteiger partial charge in [0.05, 0.1) is 17.8 Å². The molecule has 1 fully saturated rings. The van der Waals surface area contributed by atoms with Crippen LogP contribution in [-0.2, 0) is 11.3 Å². The van der Waals surface area contributed by atoms with Crippen LogP contribution in [0.5, 0.6) is 0 Å². The number of aromatic nitrogens is 1. The summed E-state index contributed by atoms with van der Waals surface area (Å²) in [6.45, 7) is 0.793. The molecule has 1 amide bonds. The predicted octanol–water partition coefficient (Wildman–Crippen LogP) is 1.42. The molecule has 0 spiro atoms. The third-order valence-corrected chi connectivity index (χ3v) is 3.93. The number of nitrogens with two attached hydrogens (primary N) is 1. The average molecular weight is 322 g/mol. The number of carbonyl (C=O) groups is 1. The van der Waals surface area contributed by atoms with Crippen molar-refractivity contribution in [2.75, 3.05) is 6.54 Å². The molecular formula is C15H16ClN3O3. The van der Waals surface area contributed by atoms with E-state index in [0.717, 1.165) is 5.56 Å². The molecule has 6 nitrogen and oxygen atoms in total. The Morgan fingerprint density at radius 3 is 3.09 bits per heavy atom. The topological polar surface area (TPSA) is 92.6 Å². The molecule has 2 aromatic rings. The molecule has 2 atom stereocenters. The first-order chi connectivity index (χ1) is 10.5. The summed E-state index contributed by atoms with van der Waals surface area (Å²) >= 11 is 5.95. The van der Waals surface area contributed by atoms with Crippen molar-refractivity contribution < 1.29 is 14.3 Å². The van der Waals surface area contributed by atoms with Crippen molar-refractivity contribution in [1.82, 2.24) is 9.88 Å². The highest BCUT2D eigenvalue weighted by Gasteiger charge is 2.35. The summed E-state index contributed by atoms with van der Waals surface area (Å²) in [6, 6.07) is 6.75. The molecule has 2 heterocycles. The maximum atomic E-state index is 11.4. The van der Waals surface area contributed by atoms with Crippen LogP contribution in [0.15, 0.2) is 34.9 Å². The fourth-order valence-electron chi connectivity index (χ4n) is 2.69. The summed E-state index contributed by atoms with van der Waals surface area (Å²) in [7, 11) is 0. The molecule has 0 radical (unpaired) electrons. The van der Waals surface area contributed by atoms with Crippen LogP contribution in [0.25, 0.3) is 11.5 Å². The standard InChI is InChI=1S/C15H16ClN3O3/c16-10-3-1-2-9(4-10)15-18-11(8-22-15)6-19-7-12(20)5-13(19)14(17)21/h1-4,8,12-13,20H,5-7H2,(H2,17,21). The lowest BCUT2D eigenvalue weighted by Crippen LogP contribution is -2.39. The molecule has 1 saturated heterocycles. The van der Waals surface area contributed by atoms with E-state index in [0.29, 0.717) is 36.1 Å². The number of nitrogens with zero attached hydrogens (tertiary/aromatic N) is 2. The fourth-order valence-corrected chi connectivity index (χ4v) is 2.88. The lowest BCUT2D eigenvalue weighted by molar-refractivity contribution is -0.122. The number of rotatable bonds is 4. The van der Waals surface area contributed by atoms with Gasteiger partial charge in [0.25, 0.3) is 0 Å². The highest BCUT2D eigenvalue weighted by molar-refractivity contribution is 6.30. The minimum Gasteiger partial charge on any atom is -0.444 e. The van der Waals surface area contributed by atoms with Gasteiger partial charge in [-0.15, -0.1) is 0 Å². The molecule has 3 rings (SSSR count). The molecule has 116 valence electrons. The number of primary amides is 1. The van der Waals surface area contributed by atoms with Crippen molar-refractivity contribution in [1.29, 1.82) is 0 Å². The van der Waals surface area contributed by atoms with Crippen LogP contribution in [-0.4, -0.2) is 39.6 Å². The Bertz CT molecular complexity index is 688. The number of aliphatic hydroxyl groups excluding tert-OH is 1. The predicted molar refractivity (Wildman–Crippen MR) is 81.0 cm³/mol. The number of halogens is 1. The molecule has 1 aromatic heterocycles. The quantitative estimate of drug-likeness (QED) is 0.888. The molecule has 3 N–H and O–H groups in total. The zero-order valence-corrected chi connectivity index (χ0v) is 12.5. The zero-order valence-electron chi connectivity index (χ0n) is 11.8. The van der Waals surface area contributed by atoms with Crippen molar-refractivity contribution in [3.05, 3.63) is 41.2 Å². The van der Waals surface area contributed by atoms with Gasteiger partial charge in [-0.25, -0.2) is 4.98 Å². The maximum absolute atomic E-state index is 11.4. The van der Waals surface area contributed by atoms with Gasteiger partial charge in [-0.05, 0) is 24.6 Å². The number of β-amino-alcohol motifs (C(OH)–C–C–N with tert-alkyl or cyclic N) is 1. The lowest BCUT2D eigenvalue weighted by Gasteiger charge is -2.19. The first-order valence-electron chi connectivity index (χ1n) is 6.94. The summed E-state index contributed by atoms with van der Waals surface area (Å²) in [6.07, 6.45) is 1.35. The highest BCUT2D eigenvalue weighted by Crippen LogP contribution is 2.24. The van der Waals surface area contributed by atoms with Crippen molar-refractivity contribution in [3.63, 3.8) is 0 Å². The Hall–Kier alpha value is -1.89. The fraction of sp³-hybridized carbons (Fsp3) is 0.333. The second kappa shape index (κ2) is 6.08. The molecule has 1 aliphatic heterocycles. The molecule has 22 heavy (non-hydrogen) atoms. The number of aliphatic hydroxyl groups is 1. The lowest BCUT2D eigenvalue weighted by atomic mass is 10.2. The van der Waals surface area contributed by atoms with E-state index in [4.69, 9.17) is 21.8 Å². The van der Waals surface area contributed by atoms with Crippen molar-refractivity contribution >= 4 is 17.5 Å². The number of hydrogen-bond donors (Lipinski definition) is 2. The van der Waals surface area contributed by atoms with E-state index in [9.17, 15) is 9.90 Å². The van der Waals surface area contributed by atoms with E-state index in [1.54, 1.807) is 18.4 Å². The first kappa shape index (κ1) is 15.0. The van der Waals surface area contributed by atoms with Gasteiger partial charge in [0.1, 0.15) is 6.26 Å². The van der Waals surface area contributed by atoms with E-state index < -0.39 is 18.1 Å². The van der Waals surface area contributed by atoms with E-state index >= 15 is 0 Å². The minimum absolute atomic E-state index is 0.355. The van der Waals surface area contributed by atoms with Crippen LogP contribution in [0.3, 0.4) is 0 Å². The minimum atomic E-state index is -0.545. The van der Waals surface area contributed by atoms with Crippen LogP contribution in [0.4, 0.5) is 0 Å². The molecule has 0 bridgehead atoms. The van der Waals surface area contributed by atoms with Gasteiger partial charge in [-0.3, -0.25) is 9.69 Å². The second-order valence-corrected chi connectivity index (χ2v) is 5.83. The van der Waals surface area contributed by atoms with Crippen LogP contribution in [0.1, 0.15) is 12.1 Å². The van der Waals surface area contributed by atoms with E-state index in [2.05, 4.69) is 4.98 Å². The van der Waals surface area contributed by atoms with Gasteiger partial charge < -0.3 is 15.3 Å². The largest absolute Gasteiger partial charge is 0.444 e. The summed E-state index contributed by atoms with van der Waals surface area (Å²) in [5, 5.41) is 10.3. The Morgan fingerprint density at radius 2 is 2.36 bits per heavy atom. The SMILES string of the molecule is NC(=O)C1CC(O)CN1Cc1coc(-c2cccc(Cl)c2)n1. The zero-order chi connectivity index (χ0) is 15.7. The summed E-state index contributed by atoms with van der Waals surface area (Å²) in [5.41, 5.74) is 6.83. The number of amides is 1. The van der Waals surface area contributed by atoms with Crippen molar-refractivity contribution in [3.8, 4) is 11.5 Å². The first-order valence-corrected chi connectivity index (χ1v) is 7.32. The monoisotopic (exact) mass is 321 g/mol. The summed E-state index contributed by atoms with van der Waals surface area (Å²) < 4.78 is 5.46. The average Bonchev–Trinajstić information content (AvgIpc) is 3.06. The van der Waals surface area contributed by atoms with Gasteiger partial charge in [0, 0.05) is 23.7 Å². The summed E-state index contributed by atoms with van der Waals surface area (Å²) in [5.74, 6) is 0.0305. The van der Waals surface area contributed by atoms with E-state index in [-0.39, 0.29) is 0 Å². The van der Waals surface area contributed by atoms with Gasteiger partial charge >= 0.3 is 0 Å². The Kier molecular flexibility index (Phi) is 4.15. The molecule has 0 saturated carbocycles.